The zero-order valence-corrected chi connectivity index (χ0v) is 12.8. The van der Waals surface area contributed by atoms with Crippen molar-refractivity contribution in [3.05, 3.63) is 29.3 Å². The van der Waals surface area contributed by atoms with E-state index in [0.29, 0.717) is 0 Å². The molecular weight excluding hydrogens is 232 g/mol. The first-order valence-electron chi connectivity index (χ1n) is 7.55. The molecule has 0 spiro atoms. The van der Waals surface area contributed by atoms with E-state index >= 15 is 0 Å². The molecule has 0 saturated carbocycles. The average molecular weight is 260 g/mol. The molecule has 1 aliphatic rings. The highest BCUT2D eigenvalue weighted by Gasteiger charge is 2.23. The molecule has 1 aromatic rings. The third kappa shape index (κ3) is 3.73. The van der Waals surface area contributed by atoms with Crippen molar-refractivity contribution >= 4 is 5.69 Å². The van der Waals surface area contributed by atoms with E-state index in [1.54, 1.807) is 0 Å². The lowest BCUT2D eigenvalue weighted by Gasteiger charge is -2.38. The van der Waals surface area contributed by atoms with Crippen LogP contribution in [-0.4, -0.2) is 19.1 Å². The standard InChI is InChI=1S/C17H28N2/c1-12-5-6-17(16(8-12)9-15(4)18)19-10-13(2)7-14(3)11-19/h5-6,8,13-15H,7,9-11,18H2,1-4H3. The Labute approximate surface area is 118 Å². The van der Waals surface area contributed by atoms with Gasteiger partial charge in [-0.15, -0.1) is 0 Å². The average Bonchev–Trinajstić information content (AvgIpc) is 2.26. The van der Waals surface area contributed by atoms with E-state index < -0.39 is 0 Å². The molecule has 1 aliphatic heterocycles. The van der Waals surface area contributed by atoms with Crippen LogP contribution >= 0.6 is 0 Å². The fraction of sp³-hybridized carbons (Fsp3) is 0.647. The van der Waals surface area contributed by atoms with Crippen LogP contribution in [0.5, 0.6) is 0 Å². The summed E-state index contributed by atoms with van der Waals surface area (Å²) in [4.78, 5) is 2.57. The highest BCUT2D eigenvalue weighted by molar-refractivity contribution is 5.55. The van der Waals surface area contributed by atoms with Gasteiger partial charge in [0.2, 0.25) is 0 Å². The number of aryl methyl sites for hydroxylation is 1. The van der Waals surface area contributed by atoms with Crippen molar-refractivity contribution in [2.45, 2.75) is 46.6 Å². The van der Waals surface area contributed by atoms with Crippen molar-refractivity contribution in [3.8, 4) is 0 Å². The smallest absolute Gasteiger partial charge is 0.0399 e. The first-order valence-corrected chi connectivity index (χ1v) is 7.55. The minimum absolute atomic E-state index is 0.222. The lowest BCUT2D eigenvalue weighted by Crippen LogP contribution is -2.39. The number of piperidine rings is 1. The molecule has 0 radical (unpaired) electrons. The Morgan fingerprint density at radius 2 is 1.89 bits per heavy atom. The second-order valence-electron chi connectivity index (χ2n) is 6.66. The predicted octanol–water partition coefficient (Wildman–Crippen LogP) is 3.37. The Hall–Kier alpha value is -1.02. The quantitative estimate of drug-likeness (QED) is 0.903. The Morgan fingerprint density at radius 1 is 1.26 bits per heavy atom. The van der Waals surface area contributed by atoms with Crippen molar-refractivity contribution < 1.29 is 0 Å². The van der Waals surface area contributed by atoms with E-state index in [0.717, 1.165) is 18.3 Å². The fourth-order valence-electron chi connectivity index (χ4n) is 3.39. The molecule has 2 rings (SSSR count). The van der Waals surface area contributed by atoms with Crippen LogP contribution in [-0.2, 0) is 6.42 Å². The summed E-state index contributed by atoms with van der Waals surface area (Å²) in [6.45, 7) is 11.3. The fourth-order valence-corrected chi connectivity index (χ4v) is 3.39. The molecule has 0 bridgehead atoms. The zero-order valence-electron chi connectivity index (χ0n) is 12.8. The van der Waals surface area contributed by atoms with Gasteiger partial charge in [0, 0.05) is 24.8 Å². The lowest BCUT2D eigenvalue weighted by molar-refractivity contribution is 0.356. The normalized spacial score (nSPS) is 25.4. The van der Waals surface area contributed by atoms with E-state index in [-0.39, 0.29) is 6.04 Å². The second kappa shape index (κ2) is 5.96. The van der Waals surface area contributed by atoms with Crippen LogP contribution < -0.4 is 10.6 Å². The van der Waals surface area contributed by atoms with E-state index in [9.17, 15) is 0 Å². The largest absolute Gasteiger partial charge is 0.371 e. The number of hydrogen-bond acceptors (Lipinski definition) is 2. The highest BCUT2D eigenvalue weighted by atomic mass is 15.1. The maximum atomic E-state index is 6.01. The third-order valence-corrected chi connectivity index (χ3v) is 3.99. The number of hydrogen-bond donors (Lipinski definition) is 1. The molecule has 0 aromatic heterocycles. The number of nitrogens with two attached hydrogens (primary N) is 1. The van der Waals surface area contributed by atoms with Gasteiger partial charge < -0.3 is 10.6 Å². The molecule has 2 N–H and O–H groups in total. The molecule has 1 saturated heterocycles. The molecule has 2 heteroatoms. The molecule has 1 aromatic carbocycles. The van der Waals surface area contributed by atoms with Crippen LogP contribution in [0.3, 0.4) is 0 Å². The number of benzene rings is 1. The van der Waals surface area contributed by atoms with E-state index in [2.05, 4.69) is 50.8 Å². The van der Waals surface area contributed by atoms with Crippen LogP contribution in [0, 0.1) is 18.8 Å². The van der Waals surface area contributed by atoms with Gasteiger partial charge in [-0.2, -0.15) is 0 Å². The topological polar surface area (TPSA) is 29.3 Å². The first-order chi connectivity index (χ1) is 8.95. The van der Waals surface area contributed by atoms with Gasteiger partial charge in [-0.25, -0.2) is 0 Å². The maximum absolute atomic E-state index is 6.01. The Balaban J connectivity index is 2.27. The SMILES string of the molecule is Cc1ccc(N2CC(C)CC(C)C2)c(CC(C)N)c1. The van der Waals surface area contributed by atoms with Crippen molar-refractivity contribution in [2.24, 2.45) is 17.6 Å². The van der Waals surface area contributed by atoms with Crippen LogP contribution in [0.4, 0.5) is 5.69 Å². The molecular formula is C17H28N2. The summed E-state index contributed by atoms with van der Waals surface area (Å²) >= 11 is 0. The molecule has 0 aliphatic carbocycles. The molecule has 19 heavy (non-hydrogen) atoms. The molecule has 2 nitrogen and oxygen atoms in total. The molecule has 1 fully saturated rings. The van der Waals surface area contributed by atoms with Gasteiger partial charge in [0.1, 0.15) is 0 Å². The van der Waals surface area contributed by atoms with Gasteiger partial charge in [-0.05, 0) is 50.2 Å². The number of nitrogens with zero attached hydrogens (tertiary/aromatic N) is 1. The third-order valence-electron chi connectivity index (χ3n) is 3.99. The summed E-state index contributed by atoms with van der Waals surface area (Å²) in [5.41, 5.74) is 10.2. The van der Waals surface area contributed by atoms with Crippen LogP contribution in [0.25, 0.3) is 0 Å². The summed E-state index contributed by atoms with van der Waals surface area (Å²) in [5, 5.41) is 0. The minimum Gasteiger partial charge on any atom is -0.371 e. The molecule has 1 heterocycles. The monoisotopic (exact) mass is 260 g/mol. The maximum Gasteiger partial charge on any atom is 0.0399 e. The van der Waals surface area contributed by atoms with Crippen LogP contribution in [0.15, 0.2) is 18.2 Å². The van der Waals surface area contributed by atoms with Gasteiger partial charge in [-0.1, -0.05) is 31.5 Å². The van der Waals surface area contributed by atoms with E-state index in [1.807, 2.05) is 0 Å². The Bertz CT molecular complexity index is 415. The van der Waals surface area contributed by atoms with Gasteiger partial charge >= 0.3 is 0 Å². The van der Waals surface area contributed by atoms with Gasteiger partial charge in [0.15, 0.2) is 0 Å². The number of rotatable bonds is 3. The summed E-state index contributed by atoms with van der Waals surface area (Å²) in [7, 11) is 0. The van der Waals surface area contributed by atoms with Gasteiger partial charge in [0.25, 0.3) is 0 Å². The minimum atomic E-state index is 0.222. The lowest BCUT2D eigenvalue weighted by atomic mass is 9.90. The van der Waals surface area contributed by atoms with E-state index in [1.165, 1.54) is 36.3 Å². The summed E-state index contributed by atoms with van der Waals surface area (Å²) in [6.07, 6.45) is 2.32. The van der Waals surface area contributed by atoms with Crippen molar-refractivity contribution in [3.63, 3.8) is 0 Å². The summed E-state index contributed by atoms with van der Waals surface area (Å²) in [6, 6.07) is 7.05. The van der Waals surface area contributed by atoms with Gasteiger partial charge in [-0.3, -0.25) is 0 Å². The van der Waals surface area contributed by atoms with Gasteiger partial charge in [0.05, 0.1) is 0 Å². The van der Waals surface area contributed by atoms with Crippen molar-refractivity contribution in [1.82, 2.24) is 0 Å². The number of anilines is 1. The molecule has 3 unspecified atom stereocenters. The van der Waals surface area contributed by atoms with Crippen LogP contribution in [0.1, 0.15) is 38.3 Å². The van der Waals surface area contributed by atoms with Crippen molar-refractivity contribution in [2.75, 3.05) is 18.0 Å². The molecule has 106 valence electrons. The first kappa shape index (κ1) is 14.4. The zero-order chi connectivity index (χ0) is 14.0. The molecule has 3 atom stereocenters. The second-order valence-corrected chi connectivity index (χ2v) is 6.66. The van der Waals surface area contributed by atoms with E-state index in [4.69, 9.17) is 5.73 Å². The Kier molecular flexibility index (Phi) is 4.51. The molecule has 0 amide bonds. The van der Waals surface area contributed by atoms with Crippen molar-refractivity contribution in [1.29, 1.82) is 0 Å². The van der Waals surface area contributed by atoms with Crippen LogP contribution in [0.2, 0.25) is 0 Å². The predicted molar refractivity (Wildman–Crippen MR) is 83.7 cm³/mol. The summed E-state index contributed by atoms with van der Waals surface area (Å²) in [5.74, 6) is 1.57. The highest BCUT2D eigenvalue weighted by Crippen LogP contribution is 2.30. The summed E-state index contributed by atoms with van der Waals surface area (Å²) < 4.78 is 0. The Morgan fingerprint density at radius 3 is 2.47 bits per heavy atom.